The van der Waals surface area contributed by atoms with Gasteiger partial charge in [0.1, 0.15) is 5.82 Å². The van der Waals surface area contributed by atoms with Crippen LogP contribution >= 0.6 is 0 Å². The fraction of sp³-hybridized carbons (Fsp3) is 0.0976. The average Bonchev–Trinajstić information content (AvgIpc) is 3.64. The number of halogens is 13. The minimum atomic E-state index is -5.16. The number of hydrogen-bond acceptors (Lipinski definition) is 1. The van der Waals surface area contributed by atoms with Crippen molar-refractivity contribution in [3.8, 4) is 28.6 Å². The van der Waals surface area contributed by atoms with E-state index >= 15 is 13.2 Å². The fourth-order valence-electron chi connectivity index (χ4n) is 7.31. The Morgan fingerprint density at radius 1 is 0.439 bits per heavy atom. The van der Waals surface area contributed by atoms with Crippen molar-refractivity contribution in [2.24, 2.45) is 0 Å². The van der Waals surface area contributed by atoms with Crippen molar-refractivity contribution >= 4 is 43.6 Å². The zero-order valence-electron chi connectivity index (χ0n) is 28.1. The van der Waals surface area contributed by atoms with E-state index in [2.05, 4.69) is 0 Å². The topological polar surface area (TPSA) is 33.6 Å². The molecule has 0 spiro atoms. The molecule has 16 heteroatoms. The van der Waals surface area contributed by atoms with Crippen LogP contribution < -0.4 is 0 Å². The van der Waals surface area contributed by atoms with Crippen LogP contribution in [0.1, 0.15) is 27.8 Å². The molecule has 0 saturated carbocycles. The first-order chi connectivity index (χ1) is 26.7. The molecule has 0 aliphatic rings. The van der Waals surface area contributed by atoms with E-state index in [4.69, 9.17) is 0 Å². The summed E-state index contributed by atoms with van der Waals surface area (Å²) in [5, 5.41) is 9.04. The van der Waals surface area contributed by atoms with Crippen LogP contribution in [0.3, 0.4) is 0 Å². The number of nitrogens with zero attached hydrogens (tertiary/aromatic N) is 3. The minimum absolute atomic E-state index is 0.0134. The van der Waals surface area contributed by atoms with Crippen LogP contribution in [-0.2, 0) is 24.7 Å². The Labute approximate surface area is 311 Å². The van der Waals surface area contributed by atoms with E-state index in [0.717, 1.165) is 54.6 Å². The summed E-state index contributed by atoms with van der Waals surface area (Å²) in [5.74, 6) is -0.860. The number of hydrogen-bond donors (Lipinski definition) is 0. The molecule has 0 N–H and O–H groups in total. The molecule has 8 aromatic rings. The maximum absolute atomic E-state index is 15.2. The second-order valence-corrected chi connectivity index (χ2v) is 13.1. The maximum Gasteiger partial charge on any atom is 0.417 e. The SMILES string of the molecule is N#Cc1ccc(-n2c3ccc(C(F)(F)F)cc3c3cc(C(F)(F)F)ccc32)c(-c2c(-n3c4ccc(F)cc4c4cc(C(F)(F)F)ccc43)cccc2C(F)(F)F)c1. The molecular formula is C41H18F13N3. The lowest BCUT2D eigenvalue weighted by molar-refractivity contribution is -0.138. The Bertz CT molecular complexity index is 2920. The van der Waals surface area contributed by atoms with Crippen molar-refractivity contribution in [3.63, 3.8) is 0 Å². The molecule has 2 heterocycles. The van der Waals surface area contributed by atoms with Gasteiger partial charge < -0.3 is 9.13 Å². The molecule has 6 aromatic carbocycles. The quantitative estimate of drug-likeness (QED) is 0.164. The summed E-state index contributed by atoms with van der Waals surface area (Å²) >= 11 is 0. The third-order valence-corrected chi connectivity index (χ3v) is 9.70. The van der Waals surface area contributed by atoms with Gasteiger partial charge in [-0.3, -0.25) is 0 Å². The Kier molecular flexibility index (Phi) is 8.21. The fourth-order valence-corrected chi connectivity index (χ4v) is 7.31. The van der Waals surface area contributed by atoms with Crippen LogP contribution in [0.15, 0.2) is 109 Å². The zero-order chi connectivity index (χ0) is 41.0. The molecule has 0 amide bonds. The van der Waals surface area contributed by atoms with E-state index in [9.17, 15) is 49.2 Å². The predicted molar refractivity (Wildman–Crippen MR) is 185 cm³/mol. The highest BCUT2D eigenvalue weighted by atomic mass is 19.4. The van der Waals surface area contributed by atoms with Crippen molar-refractivity contribution in [2.45, 2.75) is 24.7 Å². The first-order valence-electron chi connectivity index (χ1n) is 16.5. The van der Waals surface area contributed by atoms with E-state index in [1.165, 1.54) is 27.3 Å². The summed E-state index contributed by atoms with van der Waals surface area (Å²) < 4.78 is 188. The van der Waals surface area contributed by atoms with Gasteiger partial charge in [-0.25, -0.2) is 4.39 Å². The number of aromatic nitrogens is 2. The molecule has 8 rings (SSSR count). The van der Waals surface area contributed by atoms with E-state index in [0.29, 0.717) is 36.4 Å². The number of fused-ring (bicyclic) bond motifs is 6. The van der Waals surface area contributed by atoms with Gasteiger partial charge in [0.15, 0.2) is 0 Å². The molecule has 0 aliphatic heterocycles. The average molecular weight is 800 g/mol. The Balaban J connectivity index is 1.53. The van der Waals surface area contributed by atoms with Gasteiger partial charge >= 0.3 is 24.7 Å². The van der Waals surface area contributed by atoms with Gasteiger partial charge in [0, 0.05) is 32.7 Å². The van der Waals surface area contributed by atoms with Gasteiger partial charge in [-0.05, 0) is 103 Å². The minimum Gasteiger partial charge on any atom is -0.309 e. The van der Waals surface area contributed by atoms with Gasteiger partial charge in [-0.1, -0.05) is 6.07 Å². The summed E-state index contributed by atoms with van der Waals surface area (Å²) in [7, 11) is 0. The van der Waals surface area contributed by atoms with Crippen molar-refractivity contribution in [1.29, 1.82) is 5.26 Å². The smallest absolute Gasteiger partial charge is 0.309 e. The van der Waals surface area contributed by atoms with Gasteiger partial charge in [0.25, 0.3) is 0 Å². The maximum atomic E-state index is 15.2. The lowest BCUT2D eigenvalue weighted by Crippen LogP contribution is -2.11. The summed E-state index contributed by atoms with van der Waals surface area (Å²) in [6, 6.07) is 18.2. The van der Waals surface area contributed by atoms with Crippen LogP contribution in [0.5, 0.6) is 0 Å². The van der Waals surface area contributed by atoms with E-state index in [-0.39, 0.29) is 66.1 Å². The summed E-state index contributed by atoms with van der Waals surface area (Å²) in [4.78, 5) is 0. The summed E-state index contributed by atoms with van der Waals surface area (Å²) in [5.41, 5.74) is -6.99. The zero-order valence-corrected chi connectivity index (χ0v) is 28.1. The molecule has 0 bridgehead atoms. The van der Waals surface area contributed by atoms with Gasteiger partial charge in [-0.2, -0.15) is 57.9 Å². The summed E-state index contributed by atoms with van der Waals surface area (Å²) in [6.07, 6.45) is -19.9. The van der Waals surface area contributed by atoms with Crippen molar-refractivity contribution in [3.05, 3.63) is 143 Å². The molecule has 57 heavy (non-hydrogen) atoms. The molecular weight excluding hydrogens is 781 g/mol. The van der Waals surface area contributed by atoms with Crippen molar-refractivity contribution in [1.82, 2.24) is 9.13 Å². The van der Waals surface area contributed by atoms with Gasteiger partial charge in [-0.15, -0.1) is 0 Å². The Hall–Kier alpha value is -6.50. The molecule has 0 radical (unpaired) electrons. The van der Waals surface area contributed by atoms with Crippen LogP contribution in [-0.4, -0.2) is 9.13 Å². The number of nitriles is 1. The van der Waals surface area contributed by atoms with Crippen LogP contribution in [0.4, 0.5) is 57.1 Å². The Morgan fingerprint density at radius 2 is 0.877 bits per heavy atom. The first kappa shape index (κ1) is 37.4. The number of rotatable bonds is 3. The van der Waals surface area contributed by atoms with E-state index in [1.54, 1.807) is 0 Å². The van der Waals surface area contributed by atoms with Crippen molar-refractivity contribution in [2.75, 3.05) is 0 Å². The van der Waals surface area contributed by atoms with Crippen LogP contribution in [0.25, 0.3) is 66.1 Å². The molecule has 2 aromatic heterocycles. The predicted octanol–water partition coefficient (Wildman–Crippen LogP) is 13.6. The number of benzene rings is 6. The monoisotopic (exact) mass is 799 g/mol. The lowest BCUT2D eigenvalue weighted by Gasteiger charge is -2.22. The van der Waals surface area contributed by atoms with Crippen LogP contribution in [0.2, 0.25) is 0 Å². The molecule has 0 unspecified atom stereocenters. The van der Waals surface area contributed by atoms with E-state index < -0.39 is 58.3 Å². The lowest BCUT2D eigenvalue weighted by atomic mass is 9.93. The molecule has 0 fully saturated rings. The van der Waals surface area contributed by atoms with Gasteiger partial charge in [0.05, 0.1) is 67.3 Å². The van der Waals surface area contributed by atoms with Crippen LogP contribution in [0, 0.1) is 17.1 Å². The standard InChI is InChI=1S/C41H18F13N3/c42-24-8-13-34-28(18-24)27-17-23(40(49,50)51)7-12-33(27)57(34)36-3-1-2-30(41(52,53)54)37(36)29-14-20(19-55)4-9-35(29)56-31-10-5-21(38(43,44)45)15-25(31)26-16-22(39(46,47)48)6-11-32(26)56/h1-18H. The molecule has 0 atom stereocenters. The molecule has 3 nitrogen and oxygen atoms in total. The normalized spacial score (nSPS) is 13.0. The highest BCUT2D eigenvalue weighted by molar-refractivity contribution is 6.12. The summed E-state index contributed by atoms with van der Waals surface area (Å²) in [6.45, 7) is 0. The van der Waals surface area contributed by atoms with Crippen molar-refractivity contribution < 1.29 is 57.1 Å². The van der Waals surface area contributed by atoms with E-state index in [1.807, 2.05) is 6.07 Å². The molecule has 288 valence electrons. The molecule has 0 saturated heterocycles. The second kappa shape index (κ2) is 12.5. The third-order valence-electron chi connectivity index (χ3n) is 9.70. The highest BCUT2D eigenvalue weighted by Crippen LogP contribution is 2.48. The second-order valence-electron chi connectivity index (χ2n) is 13.1. The van der Waals surface area contributed by atoms with Gasteiger partial charge in [0.2, 0.25) is 0 Å². The highest BCUT2D eigenvalue weighted by Gasteiger charge is 2.38. The first-order valence-corrected chi connectivity index (χ1v) is 16.5. The molecule has 0 aliphatic carbocycles. The largest absolute Gasteiger partial charge is 0.417 e. The Morgan fingerprint density at radius 3 is 1.32 bits per heavy atom. The third kappa shape index (κ3) is 6.17. The number of alkyl halides is 12.